The van der Waals surface area contributed by atoms with E-state index in [2.05, 4.69) is 55.2 Å². The number of nitrogens with one attached hydrogen (secondary N) is 1. The molecule has 0 fully saturated rings. The van der Waals surface area contributed by atoms with Crippen LogP contribution in [0.25, 0.3) is 27.5 Å². The monoisotopic (exact) mass is 320 g/mol. The number of hydrogen-bond acceptors (Lipinski definition) is 2. The van der Waals surface area contributed by atoms with Crippen molar-refractivity contribution in [2.24, 2.45) is 0 Å². The lowest BCUT2D eigenvalue weighted by molar-refractivity contribution is 1.26. The van der Waals surface area contributed by atoms with Gasteiger partial charge in [-0.1, -0.05) is 48.6 Å². The molecule has 0 saturated carbocycles. The number of allylic oxidation sites excluding steroid dienone is 4. The summed E-state index contributed by atoms with van der Waals surface area (Å²) in [5.41, 5.74) is 4.54. The normalized spacial score (nSPS) is 12.2. The molecule has 3 aromatic rings. The van der Waals surface area contributed by atoms with E-state index in [9.17, 15) is 0 Å². The summed E-state index contributed by atoms with van der Waals surface area (Å²) in [6.45, 7) is 6.24. The van der Waals surface area contributed by atoms with Gasteiger partial charge in [0, 0.05) is 16.1 Å². The largest absolute Gasteiger partial charge is 0.341 e. The van der Waals surface area contributed by atoms with Gasteiger partial charge in [0.1, 0.15) is 5.82 Å². The number of aromatic amines is 1. The van der Waals surface area contributed by atoms with Gasteiger partial charge in [-0.25, -0.2) is 4.98 Å². The Hall–Kier alpha value is -2.39. The second kappa shape index (κ2) is 6.80. The third kappa shape index (κ3) is 3.35. The zero-order valence-electron chi connectivity index (χ0n) is 13.6. The van der Waals surface area contributed by atoms with Gasteiger partial charge < -0.3 is 4.98 Å². The fourth-order valence-electron chi connectivity index (χ4n) is 2.45. The number of benzene rings is 1. The molecule has 0 saturated heterocycles. The maximum Gasteiger partial charge on any atom is 0.148 e. The third-order valence-electron chi connectivity index (χ3n) is 3.70. The molecule has 1 N–H and O–H groups in total. The minimum atomic E-state index is 0.941. The molecule has 1 aromatic carbocycles. The van der Waals surface area contributed by atoms with E-state index in [1.807, 2.05) is 31.2 Å². The molecule has 23 heavy (non-hydrogen) atoms. The van der Waals surface area contributed by atoms with Crippen LogP contribution in [-0.2, 0) is 0 Å². The summed E-state index contributed by atoms with van der Waals surface area (Å²) in [5, 5.41) is 0. The maximum absolute atomic E-state index is 4.81. The molecule has 0 aliphatic heterocycles. The molecule has 0 atom stereocenters. The lowest BCUT2D eigenvalue weighted by Gasteiger charge is -1.96. The molecule has 2 aromatic heterocycles. The smallest absolute Gasteiger partial charge is 0.148 e. The van der Waals surface area contributed by atoms with Gasteiger partial charge in [-0.15, -0.1) is 11.3 Å². The van der Waals surface area contributed by atoms with Gasteiger partial charge in [-0.2, -0.15) is 0 Å². The highest BCUT2D eigenvalue weighted by Gasteiger charge is 2.12. The third-order valence-corrected chi connectivity index (χ3v) is 4.93. The first-order chi connectivity index (χ1) is 11.2. The zero-order valence-corrected chi connectivity index (χ0v) is 14.4. The van der Waals surface area contributed by atoms with Gasteiger partial charge in [-0.05, 0) is 38.5 Å². The van der Waals surface area contributed by atoms with E-state index >= 15 is 0 Å². The van der Waals surface area contributed by atoms with Crippen molar-refractivity contribution in [1.29, 1.82) is 0 Å². The van der Waals surface area contributed by atoms with Crippen LogP contribution >= 0.6 is 11.3 Å². The van der Waals surface area contributed by atoms with E-state index in [0.29, 0.717) is 0 Å². The van der Waals surface area contributed by atoms with Crippen LogP contribution < -0.4 is 0 Å². The molecular weight excluding hydrogens is 300 g/mol. The van der Waals surface area contributed by atoms with Crippen LogP contribution in [0.1, 0.15) is 24.4 Å². The minimum Gasteiger partial charge on any atom is -0.341 e. The molecule has 3 heteroatoms. The van der Waals surface area contributed by atoms with E-state index in [0.717, 1.165) is 22.8 Å². The van der Waals surface area contributed by atoms with Crippen LogP contribution in [0.5, 0.6) is 0 Å². The number of aromatic nitrogens is 2. The molecular formula is C20H20N2S. The molecule has 0 aliphatic rings. The zero-order chi connectivity index (χ0) is 16.2. The Morgan fingerprint density at radius 3 is 2.65 bits per heavy atom. The Balaban J connectivity index is 1.93. The van der Waals surface area contributed by atoms with E-state index in [1.54, 1.807) is 11.3 Å². The Morgan fingerprint density at radius 1 is 1.13 bits per heavy atom. The van der Waals surface area contributed by atoms with Crippen LogP contribution in [-0.4, -0.2) is 9.97 Å². The molecule has 3 rings (SSSR count). The summed E-state index contributed by atoms with van der Waals surface area (Å²) in [6, 6.07) is 14.6. The maximum atomic E-state index is 4.81. The Morgan fingerprint density at radius 2 is 1.91 bits per heavy atom. The van der Waals surface area contributed by atoms with E-state index in [1.165, 1.54) is 15.3 Å². The number of hydrogen-bond donors (Lipinski definition) is 1. The van der Waals surface area contributed by atoms with Crippen LogP contribution in [0.4, 0.5) is 0 Å². The van der Waals surface area contributed by atoms with Gasteiger partial charge in [0.25, 0.3) is 0 Å². The SMILES string of the molecule is C/C=C\C=C(/C)c1ccc(-c2nc(-c3ccccc3)c(C)[nH]2)s1. The second-order valence-electron chi connectivity index (χ2n) is 5.46. The highest BCUT2D eigenvalue weighted by atomic mass is 32.1. The van der Waals surface area contributed by atoms with Crippen molar-refractivity contribution in [3.63, 3.8) is 0 Å². The van der Waals surface area contributed by atoms with Gasteiger partial charge >= 0.3 is 0 Å². The minimum absolute atomic E-state index is 0.941. The summed E-state index contributed by atoms with van der Waals surface area (Å²) in [6.07, 6.45) is 6.25. The summed E-state index contributed by atoms with van der Waals surface area (Å²) in [4.78, 5) is 10.7. The number of H-pyrrole nitrogens is 1. The predicted molar refractivity (Wildman–Crippen MR) is 101 cm³/mol. The van der Waals surface area contributed by atoms with Crippen LogP contribution in [0.2, 0.25) is 0 Å². The molecule has 0 spiro atoms. The Bertz CT molecular complexity index is 851. The molecule has 2 nitrogen and oxygen atoms in total. The van der Waals surface area contributed by atoms with Gasteiger partial charge in [0.05, 0.1) is 10.6 Å². The van der Waals surface area contributed by atoms with Crippen molar-refractivity contribution < 1.29 is 0 Å². The van der Waals surface area contributed by atoms with Crippen molar-refractivity contribution in [1.82, 2.24) is 9.97 Å². The fraction of sp³-hybridized carbons (Fsp3) is 0.150. The van der Waals surface area contributed by atoms with Crippen molar-refractivity contribution in [3.05, 3.63) is 71.3 Å². The number of aryl methyl sites for hydroxylation is 1. The van der Waals surface area contributed by atoms with Crippen molar-refractivity contribution >= 4 is 16.9 Å². The molecule has 0 bridgehead atoms. The number of imidazole rings is 1. The lowest BCUT2D eigenvalue weighted by Crippen LogP contribution is -1.79. The molecule has 0 aliphatic carbocycles. The standard InChI is InChI=1S/C20H20N2S/c1-4-5-9-14(2)17-12-13-18(23-17)20-21-15(3)19(22-20)16-10-7-6-8-11-16/h4-13H,1-3H3,(H,21,22)/b5-4-,14-9+. The summed E-state index contributed by atoms with van der Waals surface area (Å²) in [5.74, 6) is 0.941. The van der Waals surface area contributed by atoms with Crippen molar-refractivity contribution in [3.8, 4) is 22.0 Å². The van der Waals surface area contributed by atoms with Crippen LogP contribution in [0.15, 0.2) is 60.7 Å². The lowest BCUT2D eigenvalue weighted by atomic mass is 10.1. The Kier molecular flexibility index (Phi) is 4.58. The first kappa shape index (κ1) is 15.5. The van der Waals surface area contributed by atoms with E-state index in [-0.39, 0.29) is 0 Å². The summed E-state index contributed by atoms with van der Waals surface area (Å²) in [7, 11) is 0. The molecule has 2 heterocycles. The quantitative estimate of drug-likeness (QED) is 0.579. The van der Waals surface area contributed by atoms with Crippen LogP contribution in [0.3, 0.4) is 0 Å². The topological polar surface area (TPSA) is 28.7 Å². The average molecular weight is 320 g/mol. The second-order valence-corrected chi connectivity index (χ2v) is 6.55. The highest BCUT2D eigenvalue weighted by molar-refractivity contribution is 7.16. The molecule has 0 amide bonds. The molecule has 0 radical (unpaired) electrons. The molecule has 116 valence electrons. The van der Waals surface area contributed by atoms with Crippen molar-refractivity contribution in [2.75, 3.05) is 0 Å². The van der Waals surface area contributed by atoms with E-state index < -0.39 is 0 Å². The predicted octanol–water partition coefficient (Wildman–Crippen LogP) is 6.09. The van der Waals surface area contributed by atoms with Gasteiger partial charge in [-0.3, -0.25) is 0 Å². The van der Waals surface area contributed by atoms with Gasteiger partial charge in [0.2, 0.25) is 0 Å². The van der Waals surface area contributed by atoms with Crippen LogP contribution in [0, 0.1) is 6.92 Å². The number of nitrogens with zero attached hydrogens (tertiary/aromatic N) is 1. The van der Waals surface area contributed by atoms with E-state index in [4.69, 9.17) is 4.98 Å². The summed E-state index contributed by atoms with van der Waals surface area (Å²) < 4.78 is 0. The fourth-order valence-corrected chi connectivity index (χ4v) is 3.39. The number of thiophene rings is 1. The number of rotatable bonds is 4. The Labute approximate surface area is 141 Å². The first-order valence-corrected chi connectivity index (χ1v) is 8.53. The average Bonchev–Trinajstić information content (AvgIpc) is 3.20. The summed E-state index contributed by atoms with van der Waals surface area (Å²) >= 11 is 1.77. The molecule has 0 unspecified atom stereocenters. The van der Waals surface area contributed by atoms with Gasteiger partial charge in [0.15, 0.2) is 0 Å². The van der Waals surface area contributed by atoms with Crippen molar-refractivity contribution in [2.45, 2.75) is 20.8 Å². The first-order valence-electron chi connectivity index (χ1n) is 7.71. The highest BCUT2D eigenvalue weighted by Crippen LogP contribution is 2.32.